The third-order valence-corrected chi connectivity index (χ3v) is 2.67. The van der Waals surface area contributed by atoms with Crippen molar-refractivity contribution in [2.45, 2.75) is 37.8 Å². The maximum absolute atomic E-state index is 12.8. The molecule has 0 radical (unpaired) electrons. The third-order valence-electron chi connectivity index (χ3n) is 2.67. The summed E-state index contributed by atoms with van der Waals surface area (Å²) >= 11 is 0. The van der Waals surface area contributed by atoms with E-state index in [1.165, 1.54) is 13.8 Å². The van der Waals surface area contributed by atoms with Gasteiger partial charge in [0.15, 0.2) is 0 Å². The fourth-order valence-electron chi connectivity index (χ4n) is 1.67. The van der Waals surface area contributed by atoms with E-state index in [9.17, 15) is 18.0 Å². The molecule has 0 spiro atoms. The second kappa shape index (κ2) is 4.55. The van der Waals surface area contributed by atoms with Crippen molar-refractivity contribution in [3.8, 4) is 0 Å². The highest BCUT2D eigenvalue weighted by Crippen LogP contribution is 2.46. The Morgan fingerprint density at radius 2 is 2.00 bits per heavy atom. The van der Waals surface area contributed by atoms with Gasteiger partial charge in [0.1, 0.15) is 5.60 Å². The van der Waals surface area contributed by atoms with Gasteiger partial charge in [0.25, 0.3) is 5.79 Å². The van der Waals surface area contributed by atoms with Crippen molar-refractivity contribution in [1.82, 2.24) is 0 Å². The number of ether oxygens (including phenoxy) is 3. The Hall–Kier alpha value is -1.08. The second-order valence-corrected chi connectivity index (χ2v) is 4.54. The van der Waals surface area contributed by atoms with Crippen LogP contribution in [-0.2, 0) is 19.0 Å². The summed E-state index contributed by atoms with van der Waals surface area (Å²) < 4.78 is 52.6. The topological polar surface area (TPSA) is 44.8 Å². The van der Waals surface area contributed by atoms with Crippen LogP contribution in [-0.4, -0.2) is 37.3 Å². The number of methoxy groups -OCH3 is 1. The molecule has 1 aliphatic heterocycles. The molecule has 0 saturated carbocycles. The fourth-order valence-corrected chi connectivity index (χ4v) is 1.67. The van der Waals surface area contributed by atoms with Crippen LogP contribution in [0.5, 0.6) is 0 Å². The quantitative estimate of drug-likeness (QED) is 0.581. The maximum atomic E-state index is 12.8. The lowest BCUT2D eigenvalue weighted by Gasteiger charge is -2.30. The molecule has 0 aromatic rings. The van der Waals surface area contributed by atoms with Gasteiger partial charge in [0.05, 0.1) is 13.0 Å². The van der Waals surface area contributed by atoms with E-state index in [0.717, 1.165) is 7.11 Å². The Morgan fingerprint density at radius 1 is 1.44 bits per heavy atom. The Balaban J connectivity index is 2.86. The molecule has 1 saturated heterocycles. The number of esters is 1. The molecule has 1 aliphatic rings. The fraction of sp³-hybridized carbons (Fsp3) is 0.727. The molecule has 0 aliphatic carbocycles. The molecule has 1 rings (SSSR count). The van der Waals surface area contributed by atoms with E-state index in [-0.39, 0.29) is 12.2 Å². The molecule has 4 nitrogen and oxygen atoms in total. The summed E-state index contributed by atoms with van der Waals surface area (Å²) in [5.41, 5.74) is -1.28. The number of hydrogen-bond donors (Lipinski definition) is 0. The first-order valence-electron chi connectivity index (χ1n) is 5.20. The standard InChI is InChI=1S/C11H15F3O4/c1-7(2)8(15)18-9(3)5-10(16-4,17-6-9)11(12,13)14/h1,5-6H2,2-4H3. The molecule has 18 heavy (non-hydrogen) atoms. The normalized spacial score (nSPS) is 32.3. The summed E-state index contributed by atoms with van der Waals surface area (Å²) in [6, 6.07) is 0. The number of carbonyl (C=O) groups is 1. The average Bonchev–Trinajstić information content (AvgIpc) is 2.56. The number of hydrogen-bond acceptors (Lipinski definition) is 4. The largest absolute Gasteiger partial charge is 0.453 e. The van der Waals surface area contributed by atoms with Crippen LogP contribution < -0.4 is 0 Å². The first-order valence-corrected chi connectivity index (χ1v) is 5.20. The van der Waals surface area contributed by atoms with Crippen LogP contribution >= 0.6 is 0 Å². The van der Waals surface area contributed by atoms with Crippen molar-refractivity contribution in [3.05, 3.63) is 12.2 Å². The molecule has 0 N–H and O–H groups in total. The molecule has 2 unspecified atom stereocenters. The summed E-state index contributed by atoms with van der Waals surface area (Å²) in [5, 5.41) is 0. The van der Waals surface area contributed by atoms with Gasteiger partial charge >= 0.3 is 12.1 Å². The first kappa shape index (κ1) is 15.0. The highest BCUT2D eigenvalue weighted by atomic mass is 19.4. The zero-order valence-corrected chi connectivity index (χ0v) is 10.4. The highest BCUT2D eigenvalue weighted by molar-refractivity contribution is 5.87. The lowest BCUT2D eigenvalue weighted by molar-refractivity contribution is -0.358. The van der Waals surface area contributed by atoms with E-state index < -0.39 is 30.0 Å². The van der Waals surface area contributed by atoms with Crippen molar-refractivity contribution in [2.75, 3.05) is 13.7 Å². The Morgan fingerprint density at radius 3 is 2.33 bits per heavy atom. The van der Waals surface area contributed by atoms with Crippen molar-refractivity contribution >= 4 is 5.97 Å². The monoisotopic (exact) mass is 268 g/mol. The van der Waals surface area contributed by atoms with Gasteiger partial charge in [-0.05, 0) is 13.8 Å². The average molecular weight is 268 g/mol. The van der Waals surface area contributed by atoms with Crippen LogP contribution in [0.15, 0.2) is 12.2 Å². The van der Waals surface area contributed by atoms with Crippen molar-refractivity contribution in [3.63, 3.8) is 0 Å². The van der Waals surface area contributed by atoms with Gasteiger partial charge in [-0.1, -0.05) is 6.58 Å². The Bertz CT molecular complexity index is 366. The molecular formula is C11H15F3O4. The van der Waals surface area contributed by atoms with E-state index in [0.29, 0.717) is 0 Å². The molecule has 0 bridgehead atoms. The lowest BCUT2D eigenvalue weighted by Crippen LogP contribution is -2.47. The predicted octanol–water partition coefficient (Wildman–Crippen LogP) is 2.19. The SMILES string of the molecule is C=C(C)C(=O)OC1(C)COC(OC)(C(F)(F)F)C1. The molecule has 0 aromatic heterocycles. The molecule has 0 amide bonds. The number of rotatable bonds is 3. The molecule has 1 fully saturated rings. The van der Waals surface area contributed by atoms with Crippen molar-refractivity contribution < 1.29 is 32.2 Å². The maximum Gasteiger partial charge on any atom is 0.443 e. The summed E-state index contributed by atoms with van der Waals surface area (Å²) in [5.74, 6) is -3.48. The number of alkyl halides is 3. The summed E-state index contributed by atoms with van der Waals surface area (Å²) in [6.45, 7) is 5.75. The number of carbonyl (C=O) groups excluding carboxylic acids is 1. The lowest BCUT2D eigenvalue weighted by atomic mass is 9.99. The number of halogens is 3. The molecule has 2 atom stereocenters. The van der Waals surface area contributed by atoms with Gasteiger partial charge < -0.3 is 14.2 Å². The summed E-state index contributed by atoms with van der Waals surface area (Å²) in [4.78, 5) is 11.4. The van der Waals surface area contributed by atoms with Crippen LogP contribution in [0, 0.1) is 0 Å². The van der Waals surface area contributed by atoms with Gasteiger partial charge in [-0.3, -0.25) is 0 Å². The van der Waals surface area contributed by atoms with Crippen LogP contribution in [0.1, 0.15) is 20.3 Å². The van der Waals surface area contributed by atoms with Crippen molar-refractivity contribution in [2.24, 2.45) is 0 Å². The van der Waals surface area contributed by atoms with Crippen LogP contribution in [0.4, 0.5) is 13.2 Å². The highest BCUT2D eigenvalue weighted by Gasteiger charge is 2.65. The van der Waals surface area contributed by atoms with Crippen LogP contribution in [0.25, 0.3) is 0 Å². The Kier molecular flexibility index (Phi) is 3.78. The zero-order valence-electron chi connectivity index (χ0n) is 10.4. The minimum Gasteiger partial charge on any atom is -0.453 e. The molecule has 104 valence electrons. The third kappa shape index (κ3) is 2.67. The van der Waals surface area contributed by atoms with Gasteiger partial charge in [0.2, 0.25) is 0 Å². The van der Waals surface area contributed by atoms with Gasteiger partial charge in [-0.15, -0.1) is 0 Å². The molecule has 1 heterocycles. The molecule has 0 aromatic carbocycles. The smallest absolute Gasteiger partial charge is 0.443 e. The van der Waals surface area contributed by atoms with E-state index in [1.807, 2.05) is 0 Å². The van der Waals surface area contributed by atoms with Crippen molar-refractivity contribution in [1.29, 1.82) is 0 Å². The summed E-state index contributed by atoms with van der Waals surface area (Å²) in [7, 11) is 0.903. The van der Waals surface area contributed by atoms with E-state index in [2.05, 4.69) is 11.3 Å². The first-order chi connectivity index (χ1) is 8.05. The van der Waals surface area contributed by atoms with E-state index in [1.54, 1.807) is 0 Å². The van der Waals surface area contributed by atoms with Gasteiger partial charge in [0, 0.05) is 12.7 Å². The molecular weight excluding hydrogens is 253 g/mol. The minimum atomic E-state index is -4.70. The zero-order chi connectivity index (χ0) is 14.2. The second-order valence-electron chi connectivity index (χ2n) is 4.54. The van der Waals surface area contributed by atoms with Crippen LogP contribution in [0.2, 0.25) is 0 Å². The van der Waals surface area contributed by atoms with E-state index in [4.69, 9.17) is 9.47 Å². The van der Waals surface area contributed by atoms with Crippen LogP contribution in [0.3, 0.4) is 0 Å². The van der Waals surface area contributed by atoms with Gasteiger partial charge in [-0.25, -0.2) is 4.79 Å². The summed E-state index contributed by atoms with van der Waals surface area (Å²) in [6.07, 6.45) is -5.31. The van der Waals surface area contributed by atoms with E-state index >= 15 is 0 Å². The molecule has 7 heteroatoms. The van der Waals surface area contributed by atoms with Gasteiger partial charge in [-0.2, -0.15) is 13.2 Å². The predicted molar refractivity (Wildman–Crippen MR) is 55.7 cm³/mol. The Labute approximate surface area is 103 Å². The minimum absolute atomic E-state index is 0.109.